The first-order valence-electron chi connectivity index (χ1n) is 11.3. The minimum absolute atomic E-state index is 0.0306. The number of ether oxygens (including phenoxy) is 1. The Kier molecular flexibility index (Phi) is 7.19. The van der Waals surface area contributed by atoms with E-state index in [0.717, 1.165) is 21.9 Å². The van der Waals surface area contributed by atoms with Gasteiger partial charge in [-0.2, -0.15) is 5.26 Å². The number of benzene rings is 4. The minimum atomic E-state index is -0.508. The zero-order valence-electron chi connectivity index (χ0n) is 19.9. The van der Waals surface area contributed by atoms with E-state index in [0.29, 0.717) is 28.6 Å². The van der Waals surface area contributed by atoms with Gasteiger partial charge in [0.2, 0.25) is 0 Å². The van der Waals surface area contributed by atoms with Crippen LogP contribution in [0, 0.1) is 32.1 Å². The van der Waals surface area contributed by atoms with Gasteiger partial charge in [-0.3, -0.25) is 4.79 Å². The Morgan fingerprint density at radius 1 is 1.00 bits per heavy atom. The van der Waals surface area contributed by atoms with Gasteiger partial charge in [-0.25, -0.2) is 0 Å². The maximum absolute atomic E-state index is 13.0. The van der Waals surface area contributed by atoms with Crippen molar-refractivity contribution in [3.8, 4) is 11.8 Å². The third kappa shape index (κ3) is 5.54. The topological polar surface area (TPSA) is 62.1 Å². The first-order chi connectivity index (χ1) is 16.9. The number of fused-ring (bicyclic) bond motifs is 1. The highest BCUT2D eigenvalue weighted by Crippen LogP contribution is 2.31. The van der Waals surface area contributed by atoms with Crippen molar-refractivity contribution in [2.45, 2.75) is 27.4 Å². The maximum atomic E-state index is 13.0. The van der Waals surface area contributed by atoms with E-state index < -0.39 is 5.91 Å². The predicted molar refractivity (Wildman–Crippen MR) is 143 cm³/mol. The predicted octanol–water partition coefficient (Wildman–Crippen LogP) is 7.54. The van der Waals surface area contributed by atoms with Crippen LogP contribution in [0.3, 0.4) is 0 Å². The molecule has 174 valence electrons. The van der Waals surface area contributed by atoms with Crippen LogP contribution in [0.4, 0.5) is 5.69 Å². The van der Waals surface area contributed by atoms with E-state index in [-0.39, 0.29) is 5.57 Å². The van der Waals surface area contributed by atoms with E-state index in [4.69, 9.17) is 16.3 Å². The lowest BCUT2D eigenvalue weighted by molar-refractivity contribution is -0.112. The average molecular weight is 481 g/mol. The second-order valence-corrected chi connectivity index (χ2v) is 8.93. The molecule has 0 aliphatic rings. The van der Waals surface area contributed by atoms with Crippen LogP contribution in [0.2, 0.25) is 5.02 Å². The fourth-order valence-electron chi connectivity index (χ4n) is 4.09. The molecule has 5 heteroatoms. The van der Waals surface area contributed by atoms with E-state index in [9.17, 15) is 10.1 Å². The Hall–Kier alpha value is -4.07. The normalized spacial score (nSPS) is 11.2. The SMILES string of the molecule is Cc1cc(C)cc(COc2ccc3ccccc3c2/C=C(\C#N)C(=O)Nc2cccc(Cl)c2C)c1. The summed E-state index contributed by atoms with van der Waals surface area (Å²) in [5.74, 6) is 0.0911. The Bertz CT molecular complexity index is 1480. The molecule has 0 spiro atoms. The number of rotatable bonds is 6. The zero-order valence-corrected chi connectivity index (χ0v) is 20.6. The van der Waals surface area contributed by atoms with Gasteiger partial charge in [0.1, 0.15) is 24.0 Å². The van der Waals surface area contributed by atoms with Crippen molar-refractivity contribution in [3.05, 3.63) is 111 Å². The summed E-state index contributed by atoms with van der Waals surface area (Å²) in [5.41, 5.74) is 5.35. The molecule has 0 saturated carbocycles. The van der Waals surface area contributed by atoms with Gasteiger partial charge in [0.25, 0.3) is 5.91 Å². The number of carbonyl (C=O) groups excluding carboxylic acids is 1. The molecule has 35 heavy (non-hydrogen) atoms. The molecule has 4 nitrogen and oxygen atoms in total. The fourth-order valence-corrected chi connectivity index (χ4v) is 4.26. The van der Waals surface area contributed by atoms with Crippen LogP contribution in [-0.2, 0) is 11.4 Å². The number of hydrogen-bond acceptors (Lipinski definition) is 3. The molecule has 4 aromatic rings. The summed E-state index contributed by atoms with van der Waals surface area (Å²) in [6.45, 7) is 6.30. The van der Waals surface area contributed by atoms with Crippen LogP contribution in [0.25, 0.3) is 16.8 Å². The number of amides is 1. The molecular formula is C30H25ClN2O2. The van der Waals surface area contributed by atoms with Crippen LogP contribution in [0.5, 0.6) is 5.75 Å². The Morgan fingerprint density at radius 2 is 1.74 bits per heavy atom. The fraction of sp³-hybridized carbons (Fsp3) is 0.133. The number of hydrogen-bond donors (Lipinski definition) is 1. The molecule has 0 saturated heterocycles. The van der Waals surface area contributed by atoms with Gasteiger partial charge in [-0.05, 0) is 66.9 Å². The molecule has 0 fully saturated rings. The van der Waals surface area contributed by atoms with E-state index in [1.807, 2.05) is 49.4 Å². The van der Waals surface area contributed by atoms with Gasteiger partial charge in [0.05, 0.1) is 0 Å². The Labute approximate surface area is 210 Å². The standard InChI is InChI=1S/C30H25ClN2O2/c1-19-13-20(2)15-22(14-19)18-35-29-12-11-23-7-4-5-8-25(23)26(29)16-24(17-32)30(34)33-28-10-6-9-27(31)21(28)3/h4-16H,18H2,1-3H3,(H,33,34)/b24-16+. The van der Waals surface area contributed by atoms with E-state index in [1.54, 1.807) is 24.3 Å². The van der Waals surface area contributed by atoms with Crippen LogP contribution in [-0.4, -0.2) is 5.91 Å². The molecule has 0 heterocycles. The average Bonchev–Trinajstić information content (AvgIpc) is 2.83. The third-order valence-electron chi connectivity index (χ3n) is 5.78. The second-order valence-electron chi connectivity index (χ2n) is 8.52. The molecule has 0 aliphatic heterocycles. The van der Waals surface area contributed by atoms with Gasteiger partial charge in [0, 0.05) is 16.3 Å². The quantitative estimate of drug-likeness (QED) is 0.229. The second kappa shape index (κ2) is 10.5. The number of halogens is 1. The van der Waals surface area contributed by atoms with Crippen LogP contribution in [0.1, 0.15) is 27.8 Å². The highest BCUT2D eigenvalue weighted by atomic mass is 35.5. The number of aryl methyl sites for hydroxylation is 2. The third-order valence-corrected chi connectivity index (χ3v) is 6.19. The lowest BCUT2D eigenvalue weighted by atomic mass is 10.0. The minimum Gasteiger partial charge on any atom is -0.488 e. The summed E-state index contributed by atoms with van der Waals surface area (Å²) >= 11 is 6.18. The highest BCUT2D eigenvalue weighted by molar-refractivity contribution is 6.31. The zero-order chi connectivity index (χ0) is 24.9. The number of nitrogens with one attached hydrogen (secondary N) is 1. The van der Waals surface area contributed by atoms with Crippen molar-refractivity contribution < 1.29 is 9.53 Å². The molecule has 0 bridgehead atoms. The Morgan fingerprint density at radius 3 is 2.49 bits per heavy atom. The number of nitriles is 1. The van der Waals surface area contributed by atoms with Crippen molar-refractivity contribution in [2.24, 2.45) is 0 Å². The summed E-state index contributed by atoms with van der Waals surface area (Å²) in [6, 6.07) is 25.3. The molecule has 0 aliphatic carbocycles. The molecule has 4 rings (SSSR count). The van der Waals surface area contributed by atoms with Gasteiger partial charge in [0.15, 0.2) is 0 Å². The van der Waals surface area contributed by atoms with E-state index >= 15 is 0 Å². The smallest absolute Gasteiger partial charge is 0.266 e. The van der Waals surface area contributed by atoms with Gasteiger partial charge in [-0.1, -0.05) is 77.3 Å². The van der Waals surface area contributed by atoms with E-state index in [1.165, 1.54) is 11.1 Å². The number of nitrogens with zero attached hydrogens (tertiary/aromatic N) is 1. The summed E-state index contributed by atoms with van der Waals surface area (Å²) in [7, 11) is 0. The first kappa shape index (κ1) is 24.1. The molecule has 4 aromatic carbocycles. The number of anilines is 1. The largest absolute Gasteiger partial charge is 0.488 e. The van der Waals surface area contributed by atoms with Gasteiger partial charge < -0.3 is 10.1 Å². The molecule has 0 unspecified atom stereocenters. The van der Waals surface area contributed by atoms with Crippen molar-refractivity contribution in [1.82, 2.24) is 0 Å². The molecule has 0 radical (unpaired) electrons. The highest BCUT2D eigenvalue weighted by Gasteiger charge is 2.15. The van der Waals surface area contributed by atoms with E-state index in [2.05, 4.69) is 37.4 Å². The van der Waals surface area contributed by atoms with Crippen LogP contribution in [0.15, 0.2) is 78.4 Å². The number of carbonyl (C=O) groups is 1. The lowest BCUT2D eigenvalue weighted by Crippen LogP contribution is -2.14. The van der Waals surface area contributed by atoms with Crippen LogP contribution >= 0.6 is 11.6 Å². The van der Waals surface area contributed by atoms with Crippen molar-refractivity contribution in [3.63, 3.8) is 0 Å². The maximum Gasteiger partial charge on any atom is 0.266 e. The summed E-state index contributed by atoms with van der Waals surface area (Å²) < 4.78 is 6.22. The van der Waals surface area contributed by atoms with Crippen molar-refractivity contribution >= 4 is 40.0 Å². The van der Waals surface area contributed by atoms with Crippen molar-refractivity contribution in [2.75, 3.05) is 5.32 Å². The summed E-state index contributed by atoms with van der Waals surface area (Å²) in [5, 5.41) is 15.1. The van der Waals surface area contributed by atoms with Crippen molar-refractivity contribution in [1.29, 1.82) is 5.26 Å². The lowest BCUT2D eigenvalue weighted by Gasteiger charge is -2.14. The van der Waals surface area contributed by atoms with Gasteiger partial charge >= 0.3 is 0 Å². The Balaban J connectivity index is 1.72. The van der Waals surface area contributed by atoms with Gasteiger partial charge in [-0.15, -0.1) is 0 Å². The molecule has 1 amide bonds. The monoisotopic (exact) mass is 480 g/mol. The summed E-state index contributed by atoms with van der Waals surface area (Å²) in [6.07, 6.45) is 1.59. The molecular weight excluding hydrogens is 456 g/mol. The molecule has 0 atom stereocenters. The summed E-state index contributed by atoms with van der Waals surface area (Å²) in [4.78, 5) is 13.0. The first-order valence-corrected chi connectivity index (χ1v) is 11.6. The molecule has 1 N–H and O–H groups in total. The van der Waals surface area contributed by atoms with Crippen LogP contribution < -0.4 is 10.1 Å². The molecule has 0 aromatic heterocycles.